The third-order valence-electron chi connectivity index (χ3n) is 4.15. The van der Waals surface area contributed by atoms with Crippen LogP contribution in [-0.2, 0) is 20.9 Å². The molecule has 1 aromatic carbocycles. The molecule has 2 amide bonds. The third kappa shape index (κ3) is 12.2. The molecule has 0 saturated heterocycles. The van der Waals surface area contributed by atoms with Gasteiger partial charge >= 0.3 is 18.1 Å². The Morgan fingerprint density at radius 3 is 2.39 bits per heavy atom. The molecule has 0 saturated carbocycles. The number of nitrogens with two attached hydrogens (primary N) is 1. The van der Waals surface area contributed by atoms with Gasteiger partial charge in [-0.3, -0.25) is 14.4 Å². The van der Waals surface area contributed by atoms with Crippen molar-refractivity contribution in [2.45, 2.75) is 32.4 Å². The minimum absolute atomic E-state index is 0.0267. The maximum absolute atomic E-state index is 12.1. The van der Waals surface area contributed by atoms with Crippen molar-refractivity contribution in [3.8, 4) is 5.75 Å². The maximum atomic E-state index is 12.1. The number of hydrogen-bond donors (Lipinski definition) is 3. The molecule has 36 heavy (non-hydrogen) atoms. The Hall–Kier alpha value is -4.36. The second kappa shape index (κ2) is 15.5. The lowest BCUT2D eigenvalue weighted by molar-refractivity contribution is -0.137. The number of aromatic nitrogens is 2. The molecule has 0 aliphatic rings. The average molecular weight is 514 g/mol. The van der Waals surface area contributed by atoms with Gasteiger partial charge in [-0.1, -0.05) is 37.3 Å². The highest BCUT2D eigenvalue weighted by Gasteiger charge is 2.13. The van der Waals surface area contributed by atoms with E-state index in [4.69, 9.17) is 20.3 Å². The number of carboxylic acid groups (broad SMARTS) is 1. The summed E-state index contributed by atoms with van der Waals surface area (Å²) in [4.78, 5) is 43.1. The standard InChI is InChI=1S/C16H19N3O4.C6H6F3NO3/c1-2-13(11-22-16(17)21)23-14-8-15(20)19(18-9-14)10-12-6-4-3-5-7-12;7-3(6(8)9)1-4(11)10-2-5(12)13/h3-9,13H,2,10-11H2,1H3,(H2,17,21);1-2H2,(H,10,11)(H,12,13). The van der Waals surface area contributed by atoms with Gasteiger partial charge in [0.15, 0.2) is 5.83 Å². The van der Waals surface area contributed by atoms with E-state index in [-0.39, 0.29) is 18.3 Å². The van der Waals surface area contributed by atoms with Crippen molar-refractivity contribution in [2.75, 3.05) is 13.2 Å². The van der Waals surface area contributed by atoms with Crippen LogP contribution in [0.2, 0.25) is 0 Å². The first-order valence-corrected chi connectivity index (χ1v) is 10.4. The van der Waals surface area contributed by atoms with Crippen LogP contribution in [0.5, 0.6) is 5.75 Å². The molecule has 11 nitrogen and oxygen atoms in total. The SMILES string of the molecule is CCC(COC(N)=O)Oc1cnn(Cc2ccccc2)c(=O)c1.O=C(O)CNC(=O)CC(F)=C(F)F. The molecule has 0 aliphatic carbocycles. The van der Waals surface area contributed by atoms with E-state index >= 15 is 0 Å². The molecule has 14 heteroatoms. The second-order valence-electron chi connectivity index (χ2n) is 6.96. The Balaban J connectivity index is 0.000000426. The van der Waals surface area contributed by atoms with E-state index in [0.29, 0.717) is 18.7 Å². The molecule has 0 radical (unpaired) electrons. The summed E-state index contributed by atoms with van der Waals surface area (Å²) in [7, 11) is 0. The topological polar surface area (TPSA) is 163 Å². The van der Waals surface area contributed by atoms with Crippen molar-refractivity contribution in [3.05, 3.63) is 70.4 Å². The van der Waals surface area contributed by atoms with Gasteiger partial charge in [-0.2, -0.15) is 13.9 Å². The summed E-state index contributed by atoms with van der Waals surface area (Å²) in [5.74, 6) is -3.96. The van der Waals surface area contributed by atoms with Gasteiger partial charge in [0.2, 0.25) is 5.91 Å². The summed E-state index contributed by atoms with van der Waals surface area (Å²) < 4.78 is 46.5. The number of aliphatic carboxylic acids is 1. The van der Waals surface area contributed by atoms with Crippen LogP contribution in [0.3, 0.4) is 0 Å². The molecule has 4 N–H and O–H groups in total. The minimum Gasteiger partial charge on any atom is -0.485 e. The van der Waals surface area contributed by atoms with E-state index in [1.54, 1.807) is 5.32 Å². The highest BCUT2D eigenvalue weighted by molar-refractivity contribution is 5.82. The van der Waals surface area contributed by atoms with E-state index in [2.05, 4.69) is 5.10 Å². The Labute approximate surface area is 203 Å². The molecule has 0 aliphatic heterocycles. The number of rotatable bonds is 11. The average Bonchev–Trinajstić information content (AvgIpc) is 2.83. The number of carbonyl (C=O) groups is 3. The molecule has 2 rings (SSSR count). The van der Waals surface area contributed by atoms with Crippen LogP contribution < -0.4 is 21.3 Å². The van der Waals surface area contributed by atoms with Gasteiger partial charge < -0.3 is 25.6 Å². The summed E-state index contributed by atoms with van der Waals surface area (Å²) in [5, 5.41) is 13.9. The fourth-order valence-corrected chi connectivity index (χ4v) is 2.40. The highest BCUT2D eigenvalue weighted by Crippen LogP contribution is 2.12. The lowest BCUT2D eigenvalue weighted by Gasteiger charge is -2.16. The van der Waals surface area contributed by atoms with Gasteiger partial charge in [-0.25, -0.2) is 13.9 Å². The highest BCUT2D eigenvalue weighted by atomic mass is 19.3. The number of nitrogens with one attached hydrogen (secondary N) is 1. The van der Waals surface area contributed by atoms with E-state index < -0.39 is 42.8 Å². The zero-order valence-electron chi connectivity index (χ0n) is 19.2. The van der Waals surface area contributed by atoms with Gasteiger partial charge in [0.05, 0.1) is 19.2 Å². The predicted octanol–water partition coefficient (Wildman–Crippen LogP) is 2.20. The molecule has 1 heterocycles. The Morgan fingerprint density at radius 2 is 1.86 bits per heavy atom. The van der Waals surface area contributed by atoms with Crippen molar-refractivity contribution in [2.24, 2.45) is 5.73 Å². The third-order valence-corrected chi connectivity index (χ3v) is 4.15. The van der Waals surface area contributed by atoms with Crippen LogP contribution in [0.15, 0.2) is 59.3 Å². The number of carbonyl (C=O) groups excluding carboxylic acids is 2. The number of ether oxygens (including phenoxy) is 2. The van der Waals surface area contributed by atoms with Gasteiger partial charge in [-0.15, -0.1) is 0 Å². The van der Waals surface area contributed by atoms with Crippen LogP contribution in [0.1, 0.15) is 25.3 Å². The number of benzene rings is 1. The first-order valence-electron chi connectivity index (χ1n) is 10.4. The van der Waals surface area contributed by atoms with Crippen LogP contribution in [0.4, 0.5) is 18.0 Å². The van der Waals surface area contributed by atoms with Gasteiger partial charge in [0.1, 0.15) is 25.0 Å². The molecular formula is C22H25F3N4O7. The summed E-state index contributed by atoms with van der Waals surface area (Å²) >= 11 is 0. The fraction of sp³-hybridized carbons (Fsp3) is 0.318. The van der Waals surface area contributed by atoms with Gasteiger partial charge in [0.25, 0.3) is 5.56 Å². The van der Waals surface area contributed by atoms with Crippen molar-refractivity contribution in [3.63, 3.8) is 0 Å². The molecule has 2 aromatic rings. The number of nitrogens with zero attached hydrogens (tertiary/aromatic N) is 2. The molecule has 0 spiro atoms. The molecule has 1 aromatic heterocycles. The quantitative estimate of drug-likeness (QED) is 0.411. The molecule has 196 valence electrons. The van der Waals surface area contributed by atoms with Crippen LogP contribution in [0, 0.1) is 0 Å². The summed E-state index contributed by atoms with van der Waals surface area (Å²) in [6, 6.07) is 10.9. The van der Waals surface area contributed by atoms with Crippen molar-refractivity contribution in [1.82, 2.24) is 15.1 Å². The lowest BCUT2D eigenvalue weighted by Crippen LogP contribution is -2.29. The minimum atomic E-state index is -2.58. The largest absolute Gasteiger partial charge is 0.485 e. The number of carboxylic acids is 1. The Bertz CT molecular complexity index is 1110. The van der Waals surface area contributed by atoms with Gasteiger partial charge in [0, 0.05) is 6.07 Å². The molecule has 0 bridgehead atoms. The number of hydrogen-bond acceptors (Lipinski definition) is 7. The monoisotopic (exact) mass is 514 g/mol. The summed E-state index contributed by atoms with van der Waals surface area (Å²) in [6.07, 6.45) is -2.89. The zero-order chi connectivity index (χ0) is 27.1. The molecular weight excluding hydrogens is 489 g/mol. The normalized spacial score (nSPS) is 10.8. The van der Waals surface area contributed by atoms with Crippen molar-refractivity contribution < 1.29 is 42.1 Å². The Morgan fingerprint density at radius 1 is 1.19 bits per heavy atom. The first kappa shape index (κ1) is 29.7. The van der Waals surface area contributed by atoms with E-state index in [9.17, 15) is 32.3 Å². The van der Waals surface area contributed by atoms with E-state index in [1.165, 1.54) is 16.9 Å². The van der Waals surface area contributed by atoms with E-state index in [0.717, 1.165) is 5.56 Å². The van der Waals surface area contributed by atoms with Crippen LogP contribution >= 0.6 is 0 Å². The smallest absolute Gasteiger partial charge is 0.404 e. The number of halogens is 3. The fourth-order valence-electron chi connectivity index (χ4n) is 2.40. The Kier molecular flexibility index (Phi) is 12.8. The predicted molar refractivity (Wildman–Crippen MR) is 120 cm³/mol. The summed E-state index contributed by atoms with van der Waals surface area (Å²) in [5.41, 5.74) is 5.64. The lowest BCUT2D eigenvalue weighted by atomic mass is 10.2. The zero-order valence-corrected chi connectivity index (χ0v) is 19.2. The second-order valence-corrected chi connectivity index (χ2v) is 6.96. The number of primary amides is 1. The number of amides is 2. The van der Waals surface area contributed by atoms with E-state index in [1.807, 2.05) is 37.3 Å². The molecule has 1 unspecified atom stereocenters. The molecule has 0 fully saturated rings. The maximum Gasteiger partial charge on any atom is 0.404 e. The van der Waals surface area contributed by atoms with Crippen molar-refractivity contribution in [1.29, 1.82) is 0 Å². The van der Waals surface area contributed by atoms with Crippen molar-refractivity contribution >= 4 is 18.0 Å². The first-order chi connectivity index (χ1) is 17.0. The van der Waals surface area contributed by atoms with Gasteiger partial charge in [-0.05, 0) is 12.0 Å². The van der Waals surface area contributed by atoms with Crippen LogP contribution in [-0.4, -0.2) is 52.1 Å². The molecule has 1 atom stereocenters. The summed E-state index contributed by atoms with van der Waals surface area (Å²) in [6.45, 7) is 1.57. The van der Waals surface area contributed by atoms with Crippen LogP contribution in [0.25, 0.3) is 0 Å².